The first-order valence-electron chi connectivity index (χ1n) is 8.07. The van der Waals surface area contributed by atoms with E-state index in [1.807, 2.05) is 27.7 Å². The van der Waals surface area contributed by atoms with Crippen LogP contribution in [0.4, 0.5) is 0 Å². The summed E-state index contributed by atoms with van der Waals surface area (Å²) in [5.41, 5.74) is 0.755. The highest BCUT2D eigenvalue weighted by atomic mass is 16.2. The van der Waals surface area contributed by atoms with Crippen LogP contribution in [-0.2, 0) is 4.79 Å². The molecule has 1 atom stereocenters. The molecule has 0 saturated carbocycles. The zero-order chi connectivity index (χ0) is 17.1. The van der Waals surface area contributed by atoms with E-state index in [1.54, 1.807) is 24.3 Å². The average molecular weight is 316 g/mol. The maximum Gasteiger partial charge on any atom is 0.262 e. The largest absolute Gasteiger partial charge is 0.354 e. The van der Waals surface area contributed by atoms with Gasteiger partial charge < -0.3 is 5.32 Å². The summed E-state index contributed by atoms with van der Waals surface area (Å²) in [5, 5.41) is 2.85. The molecule has 1 aliphatic rings. The van der Waals surface area contributed by atoms with Gasteiger partial charge in [0.2, 0.25) is 5.91 Å². The van der Waals surface area contributed by atoms with Crippen molar-refractivity contribution in [1.29, 1.82) is 0 Å². The molecular formula is C18H24N2O3. The minimum Gasteiger partial charge on any atom is -0.354 e. The van der Waals surface area contributed by atoms with Gasteiger partial charge in [-0.2, -0.15) is 0 Å². The predicted molar refractivity (Wildman–Crippen MR) is 88.0 cm³/mol. The van der Waals surface area contributed by atoms with Crippen molar-refractivity contribution in [2.75, 3.05) is 6.54 Å². The molecule has 1 aromatic carbocycles. The number of carbonyl (C=O) groups excluding carboxylic acids is 3. The van der Waals surface area contributed by atoms with Crippen molar-refractivity contribution < 1.29 is 14.4 Å². The van der Waals surface area contributed by atoms with Gasteiger partial charge in [0.05, 0.1) is 11.1 Å². The molecule has 5 heteroatoms. The molecule has 23 heavy (non-hydrogen) atoms. The Bertz CT molecular complexity index is 587. The molecule has 0 aliphatic carbocycles. The van der Waals surface area contributed by atoms with Gasteiger partial charge in [-0.1, -0.05) is 39.8 Å². The van der Waals surface area contributed by atoms with Crippen molar-refractivity contribution in [3.8, 4) is 0 Å². The Kier molecular flexibility index (Phi) is 5.19. The number of rotatable bonds is 6. The highest BCUT2D eigenvalue weighted by Crippen LogP contribution is 2.26. The van der Waals surface area contributed by atoms with Gasteiger partial charge in [-0.3, -0.25) is 19.3 Å². The Morgan fingerprint density at radius 3 is 1.96 bits per heavy atom. The van der Waals surface area contributed by atoms with E-state index >= 15 is 0 Å². The quantitative estimate of drug-likeness (QED) is 0.820. The van der Waals surface area contributed by atoms with Crippen molar-refractivity contribution >= 4 is 17.7 Å². The van der Waals surface area contributed by atoms with Crippen LogP contribution in [-0.4, -0.2) is 35.2 Å². The second-order valence-corrected chi connectivity index (χ2v) is 6.81. The first-order chi connectivity index (χ1) is 10.8. The maximum atomic E-state index is 12.6. The van der Waals surface area contributed by atoms with Crippen LogP contribution in [0.3, 0.4) is 0 Å². The smallest absolute Gasteiger partial charge is 0.262 e. The zero-order valence-corrected chi connectivity index (χ0v) is 14.1. The second kappa shape index (κ2) is 6.94. The molecule has 0 aromatic heterocycles. The summed E-state index contributed by atoms with van der Waals surface area (Å²) in [5.74, 6) is -0.524. The Labute approximate surface area is 137 Å². The van der Waals surface area contributed by atoms with Crippen molar-refractivity contribution in [1.82, 2.24) is 10.2 Å². The maximum absolute atomic E-state index is 12.6. The van der Waals surface area contributed by atoms with Crippen LogP contribution >= 0.6 is 0 Å². The van der Waals surface area contributed by atoms with Crippen LogP contribution in [0.25, 0.3) is 0 Å². The number of fused-ring (bicyclic) bond motifs is 1. The van der Waals surface area contributed by atoms with Crippen molar-refractivity contribution in [3.05, 3.63) is 35.4 Å². The molecule has 0 saturated heterocycles. The fourth-order valence-corrected chi connectivity index (χ4v) is 2.69. The van der Waals surface area contributed by atoms with Gasteiger partial charge in [0.25, 0.3) is 11.8 Å². The van der Waals surface area contributed by atoms with Gasteiger partial charge in [-0.05, 0) is 30.4 Å². The van der Waals surface area contributed by atoms with E-state index in [4.69, 9.17) is 0 Å². The fraction of sp³-hybridized carbons (Fsp3) is 0.500. The number of carbonyl (C=O) groups is 3. The number of hydrogen-bond donors (Lipinski definition) is 1. The highest BCUT2D eigenvalue weighted by molar-refractivity contribution is 6.22. The second-order valence-electron chi connectivity index (χ2n) is 6.81. The predicted octanol–water partition coefficient (Wildman–Crippen LogP) is 2.47. The van der Waals surface area contributed by atoms with Crippen LogP contribution in [0.15, 0.2) is 24.3 Å². The van der Waals surface area contributed by atoms with Crippen LogP contribution in [0.5, 0.6) is 0 Å². The fourth-order valence-electron chi connectivity index (χ4n) is 2.69. The van der Waals surface area contributed by atoms with Crippen LogP contribution in [0.1, 0.15) is 54.8 Å². The van der Waals surface area contributed by atoms with Crippen LogP contribution in [0.2, 0.25) is 0 Å². The molecular weight excluding hydrogens is 292 g/mol. The summed E-state index contributed by atoms with van der Waals surface area (Å²) in [6, 6.07) is 5.96. The molecule has 1 unspecified atom stereocenters. The van der Waals surface area contributed by atoms with Crippen LogP contribution in [0, 0.1) is 11.8 Å². The van der Waals surface area contributed by atoms with Gasteiger partial charge in [0, 0.05) is 6.54 Å². The van der Waals surface area contributed by atoms with E-state index < -0.39 is 6.04 Å². The lowest BCUT2D eigenvalue weighted by atomic mass is 10.0. The summed E-state index contributed by atoms with van der Waals surface area (Å²) >= 11 is 0. The molecule has 5 nitrogen and oxygen atoms in total. The summed E-state index contributed by atoms with van der Waals surface area (Å²) < 4.78 is 0. The van der Waals surface area contributed by atoms with Crippen LogP contribution < -0.4 is 5.32 Å². The topological polar surface area (TPSA) is 66.5 Å². The molecule has 0 fully saturated rings. The minimum absolute atomic E-state index is 0.189. The molecule has 2 rings (SSSR count). The third-order valence-corrected chi connectivity index (χ3v) is 3.82. The monoisotopic (exact) mass is 316 g/mol. The van der Waals surface area contributed by atoms with E-state index in [-0.39, 0.29) is 23.6 Å². The average Bonchev–Trinajstić information content (AvgIpc) is 2.74. The molecule has 3 amide bonds. The molecule has 0 spiro atoms. The van der Waals surface area contributed by atoms with Gasteiger partial charge in [-0.15, -0.1) is 0 Å². The van der Waals surface area contributed by atoms with Crippen molar-refractivity contribution in [2.45, 2.75) is 40.2 Å². The standard InChI is InChI=1S/C18H24N2O3/c1-11(2)9-15(16(21)19-10-12(3)4)20-17(22)13-7-5-6-8-14(13)18(20)23/h5-8,11-12,15H,9-10H2,1-4H3,(H,19,21). The third-order valence-electron chi connectivity index (χ3n) is 3.82. The molecule has 1 N–H and O–H groups in total. The lowest BCUT2D eigenvalue weighted by Crippen LogP contribution is -2.50. The first-order valence-corrected chi connectivity index (χ1v) is 8.07. The molecule has 1 heterocycles. The number of hydrogen-bond acceptors (Lipinski definition) is 3. The SMILES string of the molecule is CC(C)CNC(=O)C(CC(C)C)N1C(=O)c2ccccc2C1=O. The molecule has 0 radical (unpaired) electrons. The van der Waals surface area contributed by atoms with E-state index in [1.165, 1.54) is 0 Å². The number of amides is 3. The first kappa shape index (κ1) is 17.2. The Hall–Kier alpha value is -2.17. The van der Waals surface area contributed by atoms with Gasteiger partial charge in [-0.25, -0.2) is 0 Å². The summed E-state index contributed by atoms with van der Waals surface area (Å²) in [6.45, 7) is 8.47. The minimum atomic E-state index is -0.763. The van der Waals surface area contributed by atoms with Crippen molar-refractivity contribution in [3.63, 3.8) is 0 Å². The number of nitrogens with zero attached hydrogens (tertiary/aromatic N) is 1. The highest BCUT2D eigenvalue weighted by Gasteiger charge is 2.42. The molecule has 1 aliphatic heterocycles. The third kappa shape index (κ3) is 3.60. The number of benzene rings is 1. The van der Waals surface area contributed by atoms with E-state index in [9.17, 15) is 14.4 Å². The Morgan fingerprint density at radius 1 is 1.00 bits per heavy atom. The molecule has 1 aromatic rings. The number of nitrogens with one attached hydrogen (secondary N) is 1. The van der Waals surface area contributed by atoms with E-state index in [0.29, 0.717) is 30.0 Å². The van der Waals surface area contributed by atoms with Gasteiger partial charge in [0.15, 0.2) is 0 Å². The van der Waals surface area contributed by atoms with Gasteiger partial charge in [0.1, 0.15) is 6.04 Å². The molecule has 0 bridgehead atoms. The van der Waals surface area contributed by atoms with Gasteiger partial charge >= 0.3 is 0 Å². The van der Waals surface area contributed by atoms with E-state index in [2.05, 4.69) is 5.32 Å². The molecule has 124 valence electrons. The van der Waals surface area contributed by atoms with E-state index in [0.717, 1.165) is 4.90 Å². The lowest BCUT2D eigenvalue weighted by Gasteiger charge is -2.27. The number of imide groups is 1. The zero-order valence-electron chi connectivity index (χ0n) is 14.1. The Morgan fingerprint density at radius 2 is 1.52 bits per heavy atom. The summed E-state index contributed by atoms with van der Waals surface area (Å²) in [7, 11) is 0. The normalized spacial score (nSPS) is 15.3. The summed E-state index contributed by atoms with van der Waals surface area (Å²) in [6.07, 6.45) is 0.454. The van der Waals surface area contributed by atoms with Crippen molar-refractivity contribution in [2.24, 2.45) is 11.8 Å². The lowest BCUT2D eigenvalue weighted by molar-refractivity contribution is -0.125. The Balaban J connectivity index is 2.28. The summed E-state index contributed by atoms with van der Waals surface area (Å²) in [4.78, 5) is 38.9.